The molecule has 2 heteroatoms. The molecule has 1 heterocycles. The van der Waals surface area contributed by atoms with Gasteiger partial charge in [-0.1, -0.05) is 80.1 Å². The lowest BCUT2D eigenvalue weighted by Crippen LogP contribution is -2.68. The third kappa shape index (κ3) is 3.15. The average molecular weight is 398 g/mol. The first kappa shape index (κ1) is 19.4. The third-order valence-electron chi connectivity index (χ3n) is 7.31. The van der Waals surface area contributed by atoms with E-state index in [1.54, 1.807) is 0 Å². The largest absolute Gasteiger partial charge is 0.379 e. The molecule has 0 spiro atoms. The van der Waals surface area contributed by atoms with Crippen LogP contribution in [0.1, 0.15) is 75.3 Å². The molecule has 0 bridgehead atoms. The summed E-state index contributed by atoms with van der Waals surface area (Å²) in [5, 5.41) is 0. The van der Waals surface area contributed by atoms with Crippen LogP contribution in [0.3, 0.4) is 0 Å². The van der Waals surface area contributed by atoms with E-state index in [1.165, 1.54) is 73.8 Å². The minimum Gasteiger partial charge on any atom is -0.227 e. The van der Waals surface area contributed by atoms with Crippen molar-refractivity contribution in [3.05, 3.63) is 83.9 Å². The van der Waals surface area contributed by atoms with E-state index in [0.717, 1.165) is 18.7 Å². The number of amidine groups is 1. The Labute approximate surface area is 181 Å². The Morgan fingerprint density at radius 2 is 1.27 bits per heavy atom. The van der Waals surface area contributed by atoms with Crippen molar-refractivity contribution in [2.24, 2.45) is 0 Å². The molecule has 2 aliphatic carbocycles. The zero-order chi connectivity index (χ0) is 20.4. The Morgan fingerprint density at radius 1 is 0.733 bits per heavy atom. The molecular weight excluding hydrogens is 364 g/mol. The van der Waals surface area contributed by atoms with Crippen LogP contribution in [0.5, 0.6) is 0 Å². The molecule has 2 saturated carbocycles. The maximum Gasteiger partial charge on any atom is 0.379 e. The van der Waals surface area contributed by atoms with Gasteiger partial charge in [0, 0.05) is 24.0 Å². The monoisotopic (exact) mass is 397 g/mol. The van der Waals surface area contributed by atoms with Crippen molar-refractivity contribution in [3.63, 3.8) is 0 Å². The van der Waals surface area contributed by atoms with Gasteiger partial charge < -0.3 is 0 Å². The lowest BCUT2D eigenvalue weighted by molar-refractivity contribution is 0.124. The predicted molar refractivity (Wildman–Crippen MR) is 127 cm³/mol. The maximum absolute atomic E-state index is 5.28. The van der Waals surface area contributed by atoms with Crippen molar-refractivity contribution in [2.45, 2.75) is 75.8 Å². The molecule has 2 aromatic carbocycles. The summed E-state index contributed by atoms with van der Waals surface area (Å²) in [5.41, 5.74) is 4.90. The second-order valence-electron chi connectivity index (χ2n) is 9.15. The van der Waals surface area contributed by atoms with Crippen LogP contribution in [0.25, 0.3) is 0 Å². The van der Waals surface area contributed by atoms with Crippen LogP contribution in [-0.4, -0.2) is 22.5 Å². The van der Waals surface area contributed by atoms with Gasteiger partial charge in [0.25, 0.3) is 0 Å². The fourth-order valence-corrected chi connectivity index (χ4v) is 5.84. The highest BCUT2D eigenvalue weighted by molar-refractivity contribution is 6.10. The van der Waals surface area contributed by atoms with Gasteiger partial charge in [-0.2, -0.15) is 0 Å². The highest BCUT2D eigenvalue weighted by Crippen LogP contribution is 2.52. The van der Waals surface area contributed by atoms with Gasteiger partial charge in [0.15, 0.2) is 11.3 Å². The normalized spacial score (nSPS) is 21.9. The summed E-state index contributed by atoms with van der Waals surface area (Å²) < 4.78 is 5.28. The van der Waals surface area contributed by atoms with Gasteiger partial charge in [0.2, 0.25) is 0 Å². The van der Waals surface area contributed by atoms with E-state index in [0.29, 0.717) is 6.04 Å². The van der Waals surface area contributed by atoms with Crippen molar-refractivity contribution < 1.29 is 0 Å². The molecule has 0 amide bonds. The summed E-state index contributed by atoms with van der Waals surface area (Å²) in [7, 11) is 0. The van der Waals surface area contributed by atoms with Gasteiger partial charge in [0.1, 0.15) is 5.57 Å². The van der Waals surface area contributed by atoms with Gasteiger partial charge >= 0.3 is 5.84 Å². The van der Waals surface area contributed by atoms with E-state index >= 15 is 0 Å². The summed E-state index contributed by atoms with van der Waals surface area (Å²) in [6, 6.07) is 22.5. The molecule has 30 heavy (non-hydrogen) atoms. The number of rotatable bonds is 3. The van der Waals surface area contributed by atoms with Gasteiger partial charge in [-0.15, -0.1) is 0 Å². The summed E-state index contributed by atoms with van der Waals surface area (Å²) in [5.74, 6) is 1.16. The van der Waals surface area contributed by atoms with Gasteiger partial charge in [-0.05, 0) is 38.5 Å². The number of benzene rings is 2. The summed E-state index contributed by atoms with van der Waals surface area (Å²) >= 11 is 0. The lowest BCUT2D eigenvalue weighted by Gasteiger charge is -2.52. The molecule has 0 atom stereocenters. The van der Waals surface area contributed by atoms with Crippen molar-refractivity contribution in [1.82, 2.24) is 9.57 Å². The summed E-state index contributed by atoms with van der Waals surface area (Å²) in [4.78, 5) is 2.67. The SMILES string of the molecule is C=C1C(=[N+]=C2CCCCC2)N(C2CCCCC2)C1(c1ccccc1)c1ccccc1. The van der Waals surface area contributed by atoms with Crippen molar-refractivity contribution in [1.29, 1.82) is 0 Å². The Bertz CT molecular complexity index is 913. The van der Waals surface area contributed by atoms with E-state index < -0.39 is 0 Å². The molecule has 154 valence electrons. The van der Waals surface area contributed by atoms with Crippen LogP contribution in [0.4, 0.5) is 0 Å². The number of nitrogens with zero attached hydrogens (tertiary/aromatic N) is 2. The predicted octanol–water partition coefficient (Wildman–Crippen LogP) is 6.01. The smallest absolute Gasteiger partial charge is 0.227 e. The minimum absolute atomic E-state index is 0.293. The molecule has 0 aromatic heterocycles. The zero-order valence-electron chi connectivity index (χ0n) is 18.0. The second-order valence-corrected chi connectivity index (χ2v) is 9.15. The first-order valence-corrected chi connectivity index (χ1v) is 11.9. The highest BCUT2D eigenvalue weighted by Gasteiger charge is 2.66. The Morgan fingerprint density at radius 3 is 1.83 bits per heavy atom. The molecular formula is C28H33N2+. The standard InChI is InChI=1S/C28H33N2/c1-22-27(29-25-18-10-4-11-19-25)30(26-20-12-5-13-21-26)28(22,23-14-6-2-7-15-23)24-16-8-3-9-17-24/h2-3,6-9,14-17,26H,1,4-5,10-13,18-21H2/q+1. The van der Waals surface area contributed by atoms with Crippen LogP contribution >= 0.6 is 0 Å². The molecule has 1 saturated heterocycles. The average Bonchev–Trinajstić information content (AvgIpc) is 2.83. The molecule has 0 unspecified atom stereocenters. The van der Waals surface area contributed by atoms with Gasteiger partial charge in [0.05, 0.1) is 6.04 Å². The van der Waals surface area contributed by atoms with Crippen LogP contribution in [0.15, 0.2) is 72.8 Å². The summed E-state index contributed by atoms with van der Waals surface area (Å²) in [6.07, 6.45) is 12.7. The fraction of sp³-hybridized carbons (Fsp3) is 0.429. The summed E-state index contributed by atoms with van der Waals surface area (Å²) in [6.45, 7) is 4.67. The number of likely N-dealkylation sites (tertiary alicyclic amines) is 1. The van der Waals surface area contributed by atoms with Crippen LogP contribution in [0.2, 0.25) is 0 Å². The molecule has 3 fully saturated rings. The third-order valence-corrected chi connectivity index (χ3v) is 7.31. The fourth-order valence-electron chi connectivity index (χ4n) is 5.84. The molecule has 3 aliphatic rings. The minimum atomic E-state index is -0.293. The molecule has 2 aromatic rings. The maximum atomic E-state index is 5.28. The molecule has 1 aliphatic heterocycles. The van der Waals surface area contributed by atoms with Crippen molar-refractivity contribution in [3.8, 4) is 0 Å². The second kappa shape index (κ2) is 8.28. The molecule has 0 radical (unpaired) electrons. The highest BCUT2D eigenvalue weighted by atomic mass is 15.3. The first-order chi connectivity index (χ1) is 14.8. The first-order valence-electron chi connectivity index (χ1n) is 11.9. The van der Waals surface area contributed by atoms with Gasteiger partial charge in [-0.3, -0.25) is 0 Å². The van der Waals surface area contributed by atoms with Crippen LogP contribution < -0.4 is 4.67 Å². The van der Waals surface area contributed by atoms with Gasteiger partial charge in [-0.25, -0.2) is 9.57 Å². The van der Waals surface area contributed by atoms with Crippen LogP contribution in [-0.2, 0) is 5.54 Å². The van der Waals surface area contributed by atoms with E-state index in [2.05, 4.69) is 72.1 Å². The topological polar surface area (TPSA) is 17.3 Å². The zero-order valence-corrected chi connectivity index (χ0v) is 18.0. The Hall–Kier alpha value is -2.57. The lowest BCUT2D eigenvalue weighted by atomic mass is 9.67. The molecule has 0 N–H and O–H groups in total. The Kier molecular flexibility index (Phi) is 5.35. The van der Waals surface area contributed by atoms with Crippen molar-refractivity contribution in [2.75, 3.05) is 0 Å². The van der Waals surface area contributed by atoms with E-state index in [1.807, 2.05) is 0 Å². The molecule has 2 nitrogen and oxygen atoms in total. The van der Waals surface area contributed by atoms with Crippen LogP contribution in [0, 0.1) is 0 Å². The van der Waals surface area contributed by atoms with E-state index in [9.17, 15) is 0 Å². The van der Waals surface area contributed by atoms with E-state index in [4.69, 9.17) is 4.67 Å². The quantitative estimate of drug-likeness (QED) is 0.580. The Balaban J connectivity index is 1.70. The molecule has 5 rings (SSSR count). The number of hydrogen-bond acceptors (Lipinski definition) is 0. The number of hydrogen-bond donors (Lipinski definition) is 0. The van der Waals surface area contributed by atoms with Crippen molar-refractivity contribution >= 4 is 11.5 Å². The van der Waals surface area contributed by atoms with E-state index in [-0.39, 0.29) is 5.54 Å².